The van der Waals surface area contributed by atoms with Crippen LogP contribution in [0.5, 0.6) is 0 Å². The standard InChI is InChI=1S/C24H27N3O3/c28-23(27-13-24(14-27)15-30-16-24)18-7-5-17(6-8-18)9-22(26-29)12-25-21-10-19-3-1-2-4-20(19)11-21/h1-8,21-22,25H,9-16H2. The number of fused-ring (bicyclic) bond motifs is 1. The molecule has 2 aromatic rings. The Labute approximate surface area is 176 Å². The molecule has 0 saturated carbocycles. The minimum absolute atomic E-state index is 0.0756. The molecule has 2 aliphatic heterocycles. The van der Waals surface area contributed by atoms with Gasteiger partial charge in [0, 0.05) is 31.2 Å². The van der Waals surface area contributed by atoms with E-state index in [2.05, 4.69) is 34.8 Å². The van der Waals surface area contributed by atoms with E-state index >= 15 is 0 Å². The topological polar surface area (TPSA) is 71.0 Å². The molecule has 1 amide bonds. The molecule has 2 aromatic carbocycles. The largest absolute Gasteiger partial charge is 0.380 e. The maximum absolute atomic E-state index is 12.6. The van der Waals surface area contributed by atoms with Gasteiger partial charge in [-0.1, -0.05) is 41.6 Å². The van der Waals surface area contributed by atoms with Gasteiger partial charge < -0.3 is 15.0 Å². The van der Waals surface area contributed by atoms with Crippen LogP contribution in [0.4, 0.5) is 0 Å². The smallest absolute Gasteiger partial charge is 0.253 e. The third kappa shape index (κ3) is 3.77. The average Bonchev–Trinajstić information content (AvgIpc) is 3.12. The highest BCUT2D eigenvalue weighted by Gasteiger charge is 2.50. The third-order valence-electron chi connectivity index (χ3n) is 6.67. The summed E-state index contributed by atoms with van der Waals surface area (Å²) in [5.74, 6) is 0.0756. The number of carbonyl (C=O) groups is 1. The van der Waals surface area contributed by atoms with Crippen molar-refractivity contribution in [1.29, 1.82) is 0 Å². The van der Waals surface area contributed by atoms with Crippen LogP contribution in [0.2, 0.25) is 0 Å². The van der Waals surface area contributed by atoms with Gasteiger partial charge in [0.05, 0.1) is 18.6 Å². The molecule has 5 rings (SSSR count). The van der Waals surface area contributed by atoms with E-state index in [1.807, 2.05) is 29.2 Å². The van der Waals surface area contributed by atoms with E-state index < -0.39 is 0 Å². The summed E-state index contributed by atoms with van der Waals surface area (Å²) in [5.41, 5.74) is 4.74. The van der Waals surface area contributed by atoms with Crippen molar-refractivity contribution in [3.63, 3.8) is 0 Å². The Balaban J connectivity index is 1.11. The quantitative estimate of drug-likeness (QED) is 0.719. The van der Waals surface area contributed by atoms with Gasteiger partial charge in [-0.3, -0.25) is 4.79 Å². The number of amides is 1. The van der Waals surface area contributed by atoms with Crippen LogP contribution in [-0.4, -0.2) is 55.7 Å². The van der Waals surface area contributed by atoms with Crippen LogP contribution in [-0.2, 0) is 24.0 Å². The molecule has 6 heteroatoms. The van der Waals surface area contributed by atoms with Crippen molar-refractivity contribution in [2.24, 2.45) is 10.6 Å². The zero-order chi connectivity index (χ0) is 20.6. The van der Waals surface area contributed by atoms with E-state index in [9.17, 15) is 9.70 Å². The van der Waals surface area contributed by atoms with Crippen molar-refractivity contribution in [3.05, 3.63) is 75.7 Å². The molecule has 2 fully saturated rings. The fourth-order valence-corrected chi connectivity index (χ4v) is 4.87. The molecule has 2 saturated heterocycles. The number of rotatable bonds is 7. The van der Waals surface area contributed by atoms with Gasteiger partial charge in [0.2, 0.25) is 0 Å². The minimum Gasteiger partial charge on any atom is -0.380 e. The second kappa shape index (κ2) is 7.93. The van der Waals surface area contributed by atoms with Crippen molar-refractivity contribution in [1.82, 2.24) is 10.2 Å². The molecule has 2 heterocycles. The van der Waals surface area contributed by atoms with Gasteiger partial charge in [0.1, 0.15) is 6.04 Å². The van der Waals surface area contributed by atoms with E-state index in [0.717, 1.165) is 44.7 Å². The number of benzene rings is 2. The molecule has 1 aliphatic carbocycles. The molecule has 0 bridgehead atoms. The molecule has 1 unspecified atom stereocenters. The van der Waals surface area contributed by atoms with Crippen molar-refractivity contribution >= 4 is 5.91 Å². The Hall–Kier alpha value is -2.57. The van der Waals surface area contributed by atoms with Gasteiger partial charge in [-0.2, -0.15) is 4.91 Å². The summed E-state index contributed by atoms with van der Waals surface area (Å²) in [5, 5.41) is 6.85. The molecule has 1 N–H and O–H groups in total. The number of ether oxygens (including phenoxy) is 1. The van der Waals surface area contributed by atoms with E-state index in [-0.39, 0.29) is 17.4 Å². The van der Waals surface area contributed by atoms with Crippen LogP contribution in [0.25, 0.3) is 0 Å². The van der Waals surface area contributed by atoms with E-state index in [1.165, 1.54) is 11.1 Å². The number of nitrogens with one attached hydrogen (secondary N) is 1. The molecular formula is C24H27N3O3. The van der Waals surface area contributed by atoms with Gasteiger partial charge in [-0.05, 0) is 48.1 Å². The van der Waals surface area contributed by atoms with Crippen LogP contribution in [0.15, 0.2) is 53.7 Å². The summed E-state index contributed by atoms with van der Waals surface area (Å²) in [6, 6.07) is 16.2. The molecule has 0 aromatic heterocycles. The van der Waals surface area contributed by atoms with Gasteiger partial charge in [0.15, 0.2) is 0 Å². The number of likely N-dealkylation sites (tertiary alicyclic amines) is 1. The molecule has 6 nitrogen and oxygen atoms in total. The van der Waals surface area contributed by atoms with Crippen LogP contribution in [0.1, 0.15) is 27.0 Å². The normalized spacial score (nSPS) is 20.3. The number of hydrogen-bond donors (Lipinski definition) is 1. The predicted molar refractivity (Wildman–Crippen MR) is 115 cm³/mol. The molecule has 1 atom stereocenters. The second-order valence-corrected chi connectivity index (χ2v) is 9.10. The highest BCUT2D eigenvalue weighted by molar-refractivity contribution is 5.94. The summed E-state index contributed by atoms with van der Waals surface area (Å²) >= 11 is 0. The van der Waals surface area contributed by atoms with Crippen molar-refractivity contribution in [2.75, 3.05) is 32.8 Å². The highest BCUT2D eigenvalue weighted by atomic mass is 16.5. The Morgan fingerprint density at radius 2 is 1.77 bits per heavy atom. The molecule has 3 aliphatic rings. The maximum atomic E-state index is 12.6. The van der Waals surface area contributed by atoms with Gasteiger partial charge >= 0.3 is 0 Å². The number of nitrogens with zero attached hydrogens (tertiary/aromatic N) is 2. The lowest BCUT2D eigenvalue weighted by molar-refractivity contribution is -0.176. The summed E-state index contributed by atoms with van der Waals surface area (Å²) in [6.45, 7) is 3.71. The fraction of sp³-hybridized carbons (Fsp3) is 0.458. The number of carbonyl (C=O) groups excluding carboxylic acids is 1. The Kier molecular flexibility index (Phi) is 5.13. The molecule has 30 heavy (non-hydrogen) atoms. The first-order valence-electron chi connectivity index (χ1n) is 10.7. The lowest BCUT2D eigenvalue weighted by atomic mass is 9.78. The first kappa shape index (κ1) is 19.4. The fourth-order valence-electron chi connectivity index (χ4n) is 4.87. The van der Waals surface area contributed by atoms with Crippen LogP contribution < -0.4 is 5.32 Å². The van der Waals surface area contributed by atoms with Gasteiger partial charge in [-0.25, -0.2) is 0 Å². The average molecular weight is 405 g/mol. The van der Waals surface area contributed by atoms with Crippen LogP contribution >= 0.6 is 0 Å². The number of nitroso groups, excluding NO2 is 1. The lowest BCUT2D eigenvalue weighted by Crippen LogP contribution is -2.67. The summed E-state index contributed by atoms with van der Waals surface area (Å²) in [4.78, 5) is 25.9. The molecule has 1 spiro atoms. The first-order valence-corrected chi connectivity index (χ1v) is 10.7. The lowest BCUT2D eigenvalue weighted by Gasteiger charge is -2.54. The zero-order valence-electron chi connectivity index (χ0n) is 17.0. The predicted octanol–water partition coefficient (Wildman–Crippen LogP) is 2.59. The maximum Gasteiger partial charge on any atom is 0.253 e. The molecular weight excluding hydrogens is 378 g/mol. The summed E-state index contributed by atoms with van der Waals surface area (Å²) in [7, 11) is 0. The first-order chi connectivity index (χ1) is 14.6. The van der Waals surface area contributed by atoms with E-state index in [4.69, 9.17) is 4.74 Å². The van der Waals surface area contributed by atoms with Crippen molar-refractivity contribution in [2.45, 2.75) is 31.3 Å². The molecule has 0 radical (unpaired) electrons. The van der Waals surface area contributed by atoms with Crippen LogP contribution in [0.3, 0.4) is 0 Å². The van der Waals surface area contributed by atoms with E-state index in [0.29, 0.717) is 24.6 Å². The Bertz CT molecular complexity index is 906. The second-order valence-electron chi connectivity index (χ2n) is 9.10. The van der Waals surface area contributed by atoms with Gasteiger partial charge in [-0.15, -0.1) is 0 Å². The Morgan fingerprint density at radius 3 is 2.33 bits per heavy atom. The molecule has 156 valence electrons. The summed E-state index contributed by atoms with van der Waals surface area (Å²) < 4.78 is 5.27. The number of hydrogen-bond acceptors (Lipinski definition) is 5. The Morgan fingerprint density at radius 1 is 1.10 bits per heavy atom. The SMILES string of the molecule is O=NC(CNC1Cc2ccccc2C1)Cc1ccc(C(=O)N2CC3(COC3)C2)cc1. The zero-order valence-corrected chi connectivity index (χ0v) is 17.0. The van der Waals surface area contributed by atoms with E-state index in [1.54, 1.807) is 0 Å². The third-order valence-corrected chi connectivity index (χ3v) is 6.67. The van der Waals surface area contributed by atoms with Crippen molar-refractivity contribution in [3.8, 4) is 0 Å². The van der Waals surface area contributed by atoms with Gasteiger partial charge in [0.25, 0.3) is 5.91 Å². The highest BCUT2D eigenvalue weighted by Crippen LogP contribution is 2.38. The monoisotopic (exact) mass is 405 g/mol. The minimum atomic E-state index is -0.316. The van der Waals surface area contributed by atoms with Crippen molar-refractivity contribution < 1.29 is 9.53 Å². The van der Waals surface area contributed by atoms with Crippen LogP contribution in [0, 0.1) is 10.3 Å². The summed E-state index contributed by atoms with van der Waals surface area (Å²) in [6.07, 6.45) is 2.58.